The lowest BCUT2D eigenvalue weighted by Crippen LogP contribution is -2.35. The number of allylic oxidation sites excluding steroid dienone is 9. The molecule has 0 unspecified atom stereocenters. The van der Waals surface area contributed by atoms with E-state index >= 15 is 0 Å². The second-order valence-electron chi connectivity index (χ2n) is 8.35. The molecule has 7 heteroatoms. The molecular weight excluding hydrogens is 422 g/mol. The summed E-state index contributed by atoms with van der Waals surface area (Å²) in [6, 6.07) is 15.3. The maximum atomic E-state index is 10.1. The van der Waals surface area contributed by atoms with Crippen LogP contribution in [0.3, 0.4) is 0 Å². The molecule has 0 bridgehead atoms. The number of nitriles is 4. The van der Waals surface area contributed by atoms with Crippen molar-refractivity contribution < 1.29 is 4.58 Å². The predicted molar refractivity (Wildman–Crippen MR) is 130 cm³/mol. The summed E-state index contributed by atoms with van der Waals surface area (Å²) < 4.78 is 1.90. The third kappa shape index (κ3) is 3.54. The Bertz CT molecular complexity index is 1390. The Morgan fingerprint density at radius 2 is 1.56 bits per heavy atom. The van der Waals surface area contributed by atoms with Crippen LogP contribution in [0.4, 0.5) is 5.69 Å². The number of anilines is 1. The zero-order valence-corrected chi connectivity index (χ0v) is 19.3. The molecule has 0 fully saturated rings. The van der Waals surface area contributed by atoms with Crippen molar-refractivity contribution >= 4 is 22.8 Å². The van der Waals surface area contributed by atoms with Crippen LogP contribution in [0.1, 0.15) is 5.56 Å². The summed E-state index contributed by atoms with van der Waals surface area (Å²) in [5.41, 5.74) is -0.540. The van der Waals surface area contributed by atoms with E-state index in [0.29, 0.717) is 11.1 Å². The van der Waals surface area contributed by atoms with Crippen LogP contribution >= 0.6 is 0 Å². The number of hydrogen-bond acceptors (Lipinski definition) is 5. The van der Waals surface area contributed by atoms with E-state index in [2.05, 4.69) is 0 Å². The lowest BCUT2D eigenvalue weighted by Gasteiger charge is -2.41. The Balaban J connectivity index is 2.50. The van der Waals surface area contributed by atoms with Gasteiger partial charge in [-0.05, 0) is 29.3 Å². The van der Waals surface area contributed by atoms with Crippen LogP contribution in [-0.2, 0) is 0 Å². The molecule has 1 aromatic carbocycles. The average Bonchev–Trinajstić information content (AvgIpc) is 2.86. The van der Waals surface area contributed by atoms with Gasteiger partial charge in [0.2, 0.25) is 0 Å². The molecule has 34 heavy (non-hydrogen) atoms. The molecule has 7 nitrogen and oxygen atoms in total. The first-order chi connectivity index (χ1) is 16.2. The van der Waals surface area contributed by atoms with Crippen LogP contribution in [0.15, 0.2) is 71.4 Å². The van der Waals surface area contributed by atoms with Gasteiger partial charge in [0.1, 0.15) is 20.2 Å². The van der Waals surface area contributed by atoms with E-state index in [9.17, 15) is 26.5 Å². The highest BCUT2D eigenvalue weighted by atomic mass is 15.1. The molecule has 0 aromatic heterocycles. The highest BCUT2D eigenvalue weighted by Crippen LogP contribution is 2.56. The standard InChI is InChI=1S/C27H21N7/c1-33(2)21-7-5-19(6-8-21)23-13-26(17-31,18-32)24(16-30)25(20(14-28)15-29)27(23)11-9-22(10-12-27)34(3)4/h5-13H,1-4H3. The minimum atomic E-state index is -1.95. The summed E-state index contributed by atoms with van der Waals surface area (Å²) in [6.45, 7) is 0. The van der Waals surface area contributed by atoms with Crippen molar-refractivity contribution in [1.29, 1.82) is 21.0 Å². The Hall–Kier alpha value is -4.94. The van der Waals surface area contributed by atoms with Gasteiger partial charge in [-0.25, -0.2) is 4.58 Å². The SMILES string of the molecule is CN(C)c1ccc(C2=CC(C#N)(C#N)C(C#N)=C(C(=C=[N-])C#N)C23C=CC(=[N+](C)C)C=C3)cc1. The van der Waals surface area contributed by atoms with E-state index < -0.39 is 10.8 Å². The van der Waals surface area contributed by atoms with Crippen LogP contribution in [0.2, 0.25) is 0 Å². The molecule has 0 N–H and O–H groups in total. The summed E-state index contributed by atoms with van der Waals surface area (Å²) in [6.07, 6.45) is 8.80. The molecule has 0 saturated heterocycles. The third-order valence-corrected chi connectivity index (χ3v) is 6.05. The van der Waals surface area contributed by atoms with E-state index in [0.717, 1.165) is 11.4 Å². The van der Waals surface area contributed by atoms with E-state index in [4.69, 9.17) is 0 Å². The van der Waals surface area contributed by atoms with E-state index in [-0.39, 0.29) is 16.7 Å². The number of nitrogens with zero attached hydrogens (tertiary/aromatic N) is 7. The van der Waals surface area contributed by atoms with Gasteiger partial charge >= 0.3 is 0 Å². The molecular formula is C27H21N7. The molecule has 2 aliphatic rings. The van der Waals surface area contributed by atoms with Crippen molar-refractivity contribution in [3.05, 3.63) is 82.3 Å². The van der Waals surface area contributed by atoms with Gasteiger partial charge in [0.15, 0.2) is 11.1 Å². The van der Waals surface area contributed by atoms with Crippen molar-refractivity contribution in [1.82, 2.24) is 0 Å². The largest absolute Gasteiger partial charge is 0.762 e. The number of hydrogen-bond donors (Lipinski definition) is 0. The lowest BCUT2D eigenvalue weighted by atomic mass is 9.58. The second-order valence-corrected chi connectivity index (χ2v) is 8.35. The van der Waals surface area contributed by atoms with Gasteiger partial charge in [0.05, 0.1) is 34.8 Å². The van der Waals surface area contributed by atoms with Gasteiger partial charge in [-0.3, -0.25) is 5.87 Å². The Morgan fingerprint density at radius 1 is 0.971 bits per heavy atom. The van der Waals surface area contributed by atoms with E-state index in [1.54, 1.807) is 0 Å². The quantitative estimate of drug-likeness (QED) is 0.402. The third-order valence-electron chi connectivity index (χ3n) is 6.05. The molecule has 0 radical (unpaired) electrons. The Labute approximate surface area is 199 Å². The Kier molecular flexibility index (Phi) is 6.21. The molecule has 3 rings (SSSR count). The molecule has 1 aromatic rings. The summed E-state index contributed by atoms with van der Waals surface area (Å²) in [4.78, 5) is 1.94. The summed E-state index contributed by atoms with van der Waals surface area (Å²) in [7, 11) is 7.60. The minimum Gasteiger partial charge on any atom is -0.762 e. The van der Waals surface area contributed by atoms with Crippen molar-refractivity contribution in [3.8, 4) is 24.3 Å². The maximum Gasteiger partial charge on any atom is 0.198 e. The fraction of sp³-hybridized carbons (Fsp3) is 0.222. The highest BCUT2D eigenvalue weighted by Gasteiger charge is 2.50. The summed E-state index contributed by atoms with van der Waals surface area (Å²) in [5, 5.41) is 49.8. The van der Waals surface area contributed by atoms with Crippen LogP contribution in [0.25, 0.3) is 11.0 Å². The first-order valence-electron chi connectivity index (χ1n) is 10.3. The molecule has 0 aliphatic heterocycles. The van der Waals surface area contributed by atoms with Crippen molar-refractivity contribution in [2.75, 3.05) is 33.1 Å². The molecule has 2 aliphatic carbocycles. The molecule has 164 valence electrons. The van der Waals surface area contributed by atoms with Crippen molar-refractivity contribution in [2.45, 2.75) is 0 Å². The molecule has 0 amide bonds. The van der Waals surface area contributed by atoms with Crippen LogP contribution in [-0.4, -0.2) is 44.3 Å². The molecule has 0 heterocycles. The number of rotatable bonds is 3. The molecule has 1 spiro atoms. The minimum absolute atomic E-state index is 0.0580. The fourth-order valence-corrected chi connectivity index (χ4v) is 4.21. The van der Waals surface area contributed by atoms with Crippen LogP contribution < -0.4 is 4.90 Å². The van der Waals surface area contributed by atoms with Crippen molar-refractivity contribution in [3.63, 3.8) is 0 Å². The van der Waals surface area contributed by atoms with Gasteiger partial charge in [-0.2, -0.15) is 21.0 Å². The van der Waals surface area contributed by atoms with Crippen LogP contribution in [0.5, 0.6) is 0 Å². The van der Waals surface area contributed by atoms with Gasteiger partial charge in [-0.1, -0.05) is 24.3 Å². The van der Waals surface area contributed by atoms with E-state index in [1.807, 2.05) is 116 Å². The monoisotopic (exact) mass is 443 g/mol. The summed E-state index contributed by atoms with van der Waals surface area (Å²) >= 11 is 0. The number of benzene rings is 1. The van der Waals surface area contributed by atoms with Gasteiger partial charge in [-0.15, -0.1) is 0 Å². The Morgan fingerprint density at radius 3 is 1.97 bits per heavy atom. The van der Waals surface area contributed by atoms with Gasteiger partial charge in [0.25, 0.3) is 0 Å². The lowest BCUT2D eigenvalue weighted by molar-refractivity contribution is -0.462. The summed E-state index contributed by atoms with van der Waals surface area (Å²) in [5.74, 6) is 1.88. The maximum absolute atomic E-state index is 10.1. The normalized spacial score (nSPS) is 19.8. The zero-order chi connectivity index (χ0) is 25.1. The predicted octanol–water partition coefficient (Wildman–Crippen LogP) is 3.52. The van der Waals surface area contributed by atoms with Crippen molar-refractivity contribution in [2.24, 2.45) is 10.8 Å². The second kappa shape index (κ2) is 8.90. The van der Waals surface area contributed by atoms with Gasteiger partial charge in [0, 0.05) is 37.5 Å². The molecule has 0 saturated carbocycles. The van der Waals surface area contributed by atoms with E-state index in [1.165, 1.54) is 6.08 Å². The topological polar surface area (TPSA) is 124 Å². The molecule has 0 atom stereocenters. The smallest absolute Gasteiger partial charge is 0.198 e. The van der Waals surface area contributed by atoms with Gasteiger partial charge < -0.3 is 10.3 Å². The zero-order valence-electron chi connectivity index (χ0n) is 19.3. The highest BCUT2D eigenvalue weighted by molar-refractivity contribution is 6.04. The average molecular weight is 444 g/mol. The fourth-order valence-electron chi connectivity index (χ4n) is 4.21. The van der Waals surface area contributed by atoms with Crippen LogP contribution in [0, 0.1) is 56.2 Å². The first-order valence-corrected chi connectivity index (χ1v) is 10.3. The first kappa shape index (κ1) is 23.7.